The number of carbonyl (C=O) groups is 2. The summed E-state index contributed by atoms with van der Waals surface area (Å²) in [4.78, 5) is 25.2. The molecule has 0 atom stereocenters. The molecule has 1 aliphatic carbocycles. The van der Waals surface area contributed by atoms with Gasteiger partial charge in [-0.05, 0) is 43.2 Å². The summed E-state index contributed by atoms with van der Waals surface area (Å²) in [7, 11) is 1.60. The molecule has 2 amide bonds. The van der Waals surface area contributed by atoms with Crippen LogP contribution in [0.25, 0.3) is 0 Å². The highest BCUT2D eigenvalue weighted by molar-refractivity contribution is 6.06. The molecule has 0 aliphatic heterocycles. The van der Waals surface area contributed by atoms with Crippen molar-refractivity contribution in [2.75, 3.05) is 31.0 Å². The van der Waals surface area contributed by atoms with Crippen molar-refractivity contribution in [1.82, 2.24) is 0 Å². The number of para-hydroxylation sites is 1. The van der Waals surface area contributed by atoms with E-state index in [1.54, 1.807) is 37.4 Å². The van der Waals surface area contributed by atoms with Gasteiger partial charge in [0, 0.05) is 24.4 Å². The molecule has 29 heavy (non-hydrogen) atoms. The van der Waals surface area contributed by atoms with Crippen LogP contribution in [-0.2, 0) is 9.53 Å². The van der Waals surface area contributed by atoms with Gasteiger partial charge < -0.3 is 20.1 Å². The van der Waals surface area contributed by atoms with E-state index in [4.69, 9.17) is 9.47 Å². The number of amides is 2. The SMILES string of the molecule is COCCOc1ccccc1C(=O)Nc1cccc(NC(=O)C2CCCCC2)c1. The average molecular weight is 396 g/mol. The first-order valence-corrected chi connectivity index (χ1v) is 10.1. The van der Waals surface area contributed by atoms with E-state index >= 15 is 0 Å². The molecule has 0 unspecified atom stereocenters. The Morgan fingerprint density at radius 2 is 1.66 bits per heavy atom. The molecular formula is C23H28N2O4. The number of nitrogens with one attached hydrogen (secondary N) is 2. The fourth-order valence-corrected chi connectivity index (χ4v) is 3.50. The van der Waals surface area contributed by atoms with Gasteiger partial charge in [0.1, 0.15) is 12.4 Å². The van der Waals surface area contributed by atoms with Crippen molar-refractivity contribution >= 4 is 23.2 Å². The lowest BCUT2D eigenvalue weighted by Crippen LogP contribution is -2.24. The van der Waals surface area contributed by atoms with Gasteiger partial charge in [-0.3, -0.25) is 9.59 Å². The zero-order valence-electron chi connectivity index (χ0n) is 16.8. The summed E-state index contributed by atoms with van der Waals surface area (Å²) >= 11 is 0. The van der Waals surface area contributed by atoms with Gasteiger partial charge >= 0.3 is 0 Å². The molecule has 0 bridgehead atoms. The number of hydrogen-bond acceptors (Lipinski definition) is 4. The van der Waals surface area contributed by atoms with Crippen molar-refractivity contribution in [3.8, 4) is 5.75 Å². The topological polar surface area (TPSA) is 76.7 Å². The molecule has 0 heterocycles. The zero-order chi connectivity index (χ0) is 20.5. The van der Waals surface area contributed by atoms with Crippen LogP contribution >= 0.6 is 0 Å². The molecule has 2 aromatic rings. The fraction of sp³-hybridized carbons (Fsp3) is 0.391. The summed E-state index contributed by atoms with van der Waals surface area (Å²) in [5.41, 5.74) is 1.74. The Labute approximate surface area is 171 Å². The third kappa shape index (κ3) is 6.06. The van der Waals surface area contributed by atoms with Gasteiger partial charge in [-0.1, -0.05) is 37.5 Å². The minimum Gasteiger partial charge on any atom is -0.490 e. The third-order valence-corrected chi connectivity index (χ3v) is 5.04. The maximum Gasteiger partial charge on any atom is 0.259 e. The van der Waals surface area contributed by atoms with Crippen molar-refractivity contribution in [1.29, 1.82) is 0 Å². The molecule has 6 heteroatoms. The van der Waals surface area contributed by atoms with E-state index in [-0.39, 0.29) is 17.7 Å². The maximum atomic E-state index is 12.7. The van der Waals surface area contributed by atoms with Crippen LogP contribution in [0.1, 0.15) is 42.5 Å². The van der Waals surface area contributed by atoms with Crippen molar-refractivity contribution in [3.63, 3.8) is 0 Å². The summed E-state index contributed by atoms with van der Waals surface area (Å²) in [5, 5.41) is 5.86. The second-order valence-electron chi connectivity index (χ2n) is 7.20. The van der Waals surface area contributed by atoms with Crippen LogP contribution in [0.2, 0.25) is 0 Å². The Bertz CT molecular complexity index is 831. The van der Waals surface area contributed by atoms with Gasteiger partial charge in [0.05, 0.1) is 12.2 Å². The quantitative estimate of drug-likeness (QED) is 0.645. The average Bonchev–Trinajstić information content (AvgIpc) is 2.75. The molecule has 1 aliphatic rings. The molecule has 0 aromatic heterocycles. The summed E-state index contributed by atoms with van der Waals surface area (Å²) in [6.45, 7) is 0.808. The van der Waals surface area contributed by atoms with Crippen LogP contribution in [0.4, 0.5) is 11.4 Å². The molecule has 0 radical (unpaired) electrons. The van der Waals surface area contributed by atoms with Crippen molar-refractivity contribution in [2.24, 2.45) is 5.92 Å². The normalized spacial score (nSPS) is 14.2. The van der Waals surface area contributed by atoms with Gasteiger partial charge in [-0.2, -0.15) is 0 Å². The lowest BCUT2D eigenvalue weighted by molar-refractivity contribution is -0.120. The predicted octanol–water partition coefficient (Wildman–Crippen LogP) is 4.48. The van der Waals surface area contributed by atoms with Crippen LogP contribution in [0.15, 0.2) is 48.5 Å². The first-order valence-electron chi connectivity index (χ1n) is 10.1. The van der Waals surface area contributed by atoms with Gasteiger partial charge in [-0.25, -0.2) is 0 Å². The van der Waals surface area contributed by atoms with E-state index in [1.165, 1.54) is 6.42 Å². The van der Waals surface area contributed by atoms with Gasteiger partial charge in [0.2, 0.25) is 5.91 Å². The summed E-state index contributed by atoms with van der Waals surface area (Å²) < 4.78 is 10.6. The fourth-order valence-electron chi connectivity index (χ4n) is 3.50. The molecular weight excluding hydrogens is 368 g/mol. The molecule has 6 nitrogen and oxygen atoms in total. The highest BCUT2D eigenvalue weighted by Crippen LogP contribution is 2.26. The summed E-state index contributed by atoms with van der Waals surface area (Å²) in [5.74, 6) is 0.376. The first kappa shape index (κ1) is 20.9. The van der Waals surface area contributed by atoms with Crippen LogP contribution in [-0.4, -0.2) is 32.1 Å². The second-order valence-corrected chi connectivity index (χ2v) is 7.20. The highest BCUT2D eigenvalue weighted by Gasteiger charge is 2.21. The lowest BCUT2D eigenvalue weighted by atomic mass is 9.88. The Balaban J connectivity index is 1.64. The molecule has 0 saturated heterocycles. The van der Waals surface area contributed by atoms with E-state index in [1.807, 2.05) is 18.2 Å². The van der Waals surface area contributed by atoms with Crippen molar-refractivity contribution in [3.05, 3.63) is 54.1 Å². The van der Waals surface area contributed by atoms with E-state index in [0.717, 1.165) is 25.7 Å². The van der Waals surface area contributed by atoms with E-state index in [9.17, 15) is 9.59 Å². The Morgan fingerprint density at radius 1 is 0.931 bits per heavy atom. The first-order chi connectivity index (χ1) is 14.2. The summed E-state index contributed by atoms with van der Waals surface area (Å²) in [6, 6.07) is 14.3. The van der Waals surface area contributed by atoms with E-state index in [0.29, 0.717) is 35.9 Å². The van der Waals surface area contributed by atoms with Crippen LogP contribution in [0.3, 0.4) is 0 Å². The molecule has 154 valence electrons. The number of rotatable bonds is 8. The zero-order valence-corrected chi connectivity index (χ0v) is 16.8. The predicted molar refractivity (Wildman–Crippen MR) is 113 cm³/mol. The number of benzene rings is 2. The number of carbonyl (C=O) groups excluding carboxylic acids is 2. The number of methoxy groups -OCH3 is 1. The van der Waals surface area contributed by atoms with Crippen LogP contribution in [0, 0.1) is 5.92 Å². The molecule has 3 rings (SSSR count). The lowest BCUT2D eigenvalue weighted by Gasteiger charge is -2.21. The van der Waals surface area contributed by atoms with Crippen LogP contribution < -0.4 is 15.4 Å². The molecule has 0 spiro atoms. The molecule has 2 aromatic carbocycles. The smallest absolute Gasteiger partial charge is 0.259 e. The molecule has 1 saturated carbocycles. The largest absolute Gasteiger partial charge is 0.490 e. The molecule has 1 fully saturated rings. The Kier molecular flexibility index (Phi) is 7.64. The monoisotopic (exact) mass is 396 g/mol. The Morgan fingerprint density at radius 3 is 2.41 bits per heavy atom. The maximum absolute atomic E-state index is 12.7. The summed E-state index contributed by atoms with van der Waals surface area (Å²) in [6.07, 6.45) is 5.33. The minimum absolute atomic E-state index is 0.0602. The van der Waals surface area contributed by atoms with Crippen molar-refractivity contribution in [2.45, 2.75) is 32.1 Å². The number of hydrogen-bond donors (Lipinski definition) is 2. The number of ether oxygens (including phenoxy) is 2. The third-order valence-electron chi connectivity index (χ3n) is 5.04. The van der Waals surface area contributed by atoms with Gasteiger partial charge in [0.25, 0.3) is 5.91 Å². The van der Waals surface area contributed by atoms with Gasteiger partial charge in [-0.15, -0.1) is 0 Å². The standard InChI is InChI=1S/C23H28N2O4/c1-28-14-15-29-21-13-6-5-12-20(21)23(27)25-19-11-7-10-18(16-19)24-22(26)17-8-3-2-4-9-17/h5-7,10-13,16-17H,2-4,8-9,14-15H2,1H3,(H,24,26)(H,25,27). The van der Waals surface area contributed by atoms with Crippen molar-refractivity contribution < 1.29 is 19.1 Å². The minimum atomic E-state index is -0.270. The van der Waals surface area contributed by atoms with E-state index < -0.39 is 0 Å². The number of anilines is 2. The van der Waals surface area contributed by atoms with Crippen LogP contribution in [0.5, 0.6) is 5.75 Å². The van der Waals surface area contributed by atoms with Gasteiger partial charge in [0.15, 0.2) is 0 Å². The molecule has 2 N–H and O–H groups in total. The Hall–Kier alpha value is -2.86. The highest BCUT2D eigenvalue weighted by atomic mass is 16.5. The second kappa shape index (κ2) is 10.6. The van der Waals surface area contributed by atoms with E-state index in [2.05, 4.69) is 10.6 Å².